The van der Waals surface area contributed by atoms with E-state index in [1.807, 2.05) is 17.9 Å². The van der Waals surface area contributed by atoms with Crippen molar-refractivity contribution in [2.45, 2.75) is 32.8 Å². The van der Waals surface area contributed by atoms with Crippen LogP contribution in [0.1, 0.15) is 37.1 Å². The van der Waals surface area contributed by atoms with Gasteiger partial charge in [-0.3, -0.25) is 4.68 Å². The molecule has 1 aliphatic heterocycles. The minimum Gasteiger partial charge on any atom is -0.373 e. The molecule has 0 bridgehead atoms. The maximum atomic E-state index is 5.97. The van der Waals surface area contributed by atoms with Gasteiger partial charge in [0.1, 0.15) is 0 Å². The van der Waals surface area contributed by atoms with E-state index in [-0.39, 0.29) is 6.10 Å². The van der Waals surface area contributed by atoms with Crippen molar-refractivity contribution in [3.8, 4) is 0 Å². The molecule has 4 heteroatoms. The molecule has 2 rings (SSSR count). The Balaban J connectivity index is 2.13. The van der Waals surface area contributed by atoms with Crippen LogP contribution in [0.2, 0.25) is 0 Å². The molecule has 17 heavy (non-hydrogen) atoms. The van der Waals surface area contributed by atoms with E-state index in [0.29, 0.717) is 5.92 Å². The van der Waals surface area contributed by atoms with Crippen LogP contribution in [0.5, 0.6) is 0 Å². The smallest absolute Gasteiger partial charge is 0.0898 e. The molecule has 2 atom stereocenters. The molecule has 1 saturated heterocycles. The van der Waals surface area contributed by atoms with Gasteiger partial charge in [-0.1, -0.05) is 6.92 Å². The molecule has 1 fully saturated rings. The minimum atomic E-state index is 0.219. The maximum absolute atomic E-state index is 5.97. The van der Waals surface area contributed by atoms with Gasteiger partial charge in [0.05, 0.1) is 12.3 Å². The molecule has 2 unspecified atom stereocenters. The van der Waals surface area contributed by atoms with E-state index in [2.05, 4.69) is 24.3 Å². The zero-order valence-corrected chi connectivity index (χ0v) is 11.1. The van der Waals surface area contributed by atoms with E-state index < -0.39 is 0 Å². The van der Waals surface area contributed by atoms with Crippen LogP contribution >= 0.6 is 0 Å². The van der Waals surface area contributed by atoms with E-state index in [1.165, 1.54) is 24.1 Å². The summed E-state index contributed by atoms with van der Waals surface area (Å²) in [7, 11) is 1.99. The Labute approximate surface area is 103 Å². The molecule has 0 aliphatic carbocycles. The Bertz CT molecular complexity index is 362. The monoisotopic (exact) mass is 237 g/mol. The first-order chi connectivity index (χ1) is 8.24. The number of ether oxygens (including phenoxy) is 1. The van der Waals surface area contributed by atoms with Crippen LogP contribution in [0, 0.1) is 12.8 Å². The molecule has 1 aliphatic rings. The van der Waals surface area contributed by atoms with Gasteiger partial charge in [-0.2, -0.15) is 5.10 Å². The highest BCUT2D eigenvalue weighted by molar-refractivity contribution is 5.20. The largest absolute Gasteiger partial charge is 0.373 e. The molecular weight excluding hydrogens is 214 g/mol. The minimum absolute atomic E-state index is 0.219. The van der Waals surface area contributed by atoms with Gasteiger partial charge in [0, 0.05) is 37.4 Å². The number of hydrogen-bond donors (Lipinski definition) is 1. The summed E-state index contributed by atoms with van der Waals surface area (Å²) in [5.41, 5.74) is 2.48. The van der Waals surface area contributed by atoms with Crippen molar-refractivity contribution in [2.24, 2.45) is 13.0 Å². The summed E-state index contributed by atoms with van der Waals surface area (Å²) in [5, 5.41) is 7.76. The molecule has 1 aromatic rings. The lowest BCUT2D eigenvalue weighted by Gasteiger charge is -2.32. The summed E-state index contributed by atoms with van der Waals surface area (Å²) >= 11 is 0. The molecule has 96 valence electrons. The number of aromatic nitrogens is 2. The second kappa shape index (κ2) is 5.65. The fourth-order valence-electron chi connectivity index (χ4n) is 2.52. The van der Waals surface area contributed by atoms with Crippen LogP contribution in [-0.2, 0) is 11.8 Å². The SMILES string of the molecule is CCNCC1CCCOC1c1cnn(C)c1C. The summed E-state index contributed by atoms with van der Waals surface area (Å²) < 4.78 is 7.90. The fourth-order valence-corrected chi connectivity index (χ4v) is 2.52. The van der Waals surface area contributed by atoms with E-state index in [4.69, 9.17) is 4.74 Å². The molecule has 1 aromatic heterocycles. The zero-order valence-electron chi connectivity index (χ0n) is 11.1. The van der Waals surface area contributed by atoms with Crippen LogP contribution in [0.25, 0.3) is 0 Å². The van der Waals surface area contributed by atoms with Crippen molar-refractivity contribution in [1.82, 2.24) is 15.1 Å². The van der Waals surface area contributed by atoms with Crippen molar-refractivity contribution in [2.75, 3.05) is 19.7 Å². The number of hydrogen-bond acceptors (Lipinski definition) is 3. The fraction of sp³-hybridized carbons (Fsp3) is 0.769. The number of rotatable bonds is 4. The second-order valence-electron chi connectivity index (χ2n) is 4.81. The van der Waals surface area contributed by atoms with Crippen molar-refractivity contribution in [1.29, 1.82) is 0 Å². The van der Waals surface area contributed by atoms with Crippen LogP contribution in [0.4, 0.5) is 0 Å². The highest BCUT2D eigenvalue weighted by Gasteiger charge is 2.29. The highest BCUT2D eigenvalue weighted by Crippen LogP contribution is 2.34. The first kappa shape index (κ1) is 12.6. The lowest BCUT2D eigenvalue weighted by Crippen LogP contribution is -2.32. The average Bonchev–Trinajstić information content (AvgIpc) is 2.68. The Morgan fingerprint density at radius 1 is 1.59 bits per heavy atom. The molecule has 2 heterocycles. The molecular formula is C13H23N3O. The summed E-state index contributed by atoms with van der Waals surface area (Å²) in [5.74, 6) is 0.576. The lowest BCUT2D eigenvalue weighted by molar-refractivity contribution is -0.0280. The van der Waals surface area contributed by atoms with Crippen LogP contribution in [0.15, 0.2) is 6.20 Å². The van der Waals surface area contributed by atoms with Crippen molar-refractivity contribution < 1.29 is 4.74 Å². The predicted octanol–water partition coefficient (Wildman–Crippen LogP) is 1.81. The third-order valence-corrected chi connectivity index (χ3v) is 3.68. The Hall–Kier alpha value is -0.870. The molecule has 0 radical (unpaired) electrons. The van der Waals surface area contributed by atoms with Gasteiger partial charge in [-0.25, -0.2) is 0 Å². The highest BCUT2D eigenvalue weighted by atomic mass is 16.5. The normalized spacial score (nSPS) is 25.1. The Kier molecular flexibility index (Phi) is 4.18. The van der Waals surface area contributed by atoms with Crippen molar-refractivity contribution in [3.63, 3.8) is 0 Å². The first-order valence-corrected chi connectivity index (χ1v) is 6.54. The van der Waals surface area contributed by atoms with Crippen LogP contribution in [-0.4, -0.2) is 29.5 Å². The van der Waals surface area contributed by atoms with Gasteiger partial charge < -0.3 is 10.1 Å². The molecule has 0 spiro atoms. The van der Waals surface area contributed by atoms with Gasteiger partial charge >= 0.3 is 0 Å². The van der Waals surface area contributed by atoms with Crippen LogP contribution in [0.3, 0.4) is 0 Å². The average molecular weight is 237 g/mol. The van der Waals surface area contributed by atoms with Crippen molar-refractivity contribution in [3.05, 3.63) is 17.5 Å². The van der Waals surface area contributed by atoms with E-state index >= 15 is 0 Å². The predicted molar refractivity (Wildman–Crippen MR) is 67.9 cm³/mol. The Morgan fingerprint density at radius 3 is 3.06 bits per heavy atom. The summed E-state index contributed by atoms with van der Waals surface area (Å²) in [4.78, 5) is 0. The van der Waals surface area contributed by atoms with E-state index in [0.717, 1.165) is 19.7 Å². The molecule has 0 saturated carbocycles. The first-order valence-electron chi connectivity index (χ1n) is 6.54. The third kappa shape index (κ3) is 2.69. The molecule has 0 aromatic carbocycles. The Morgan fingerprint density at radius 2 is 2.41 bits per heavy atom. The summed E-state index contributed by atoms with van der Waals surface area (Å²) in [6.07, 6.45) is 4.60. The summed E-state index contributed by atoms with van der Waals surface area (Å²) in [6, 6.07) is 0. The lowest BCUT2D eigenvalue weighted by atomic mass is 9.89. The number of nitrogens with zero attached hydrogens (tertiary/aromatic N) is 2. The van der Waals surface area contributed by atoms with Crippen molar-refractivity contribution >= 4 is 0 Å². The van der Waals surface area contributed by atoms with Crippen LogP contribution < -0.4 is 5.32 Å². The van der Waals surface area contributed by atoms with Gasteiger partial charge in [0.25, 0.3) is 0 Å². The number of nitrogens with one attached hydrogen (secondary N) is 1. The quantitative estimate of drug-likeness (QED) is 0.868. The topological polar surface area (TPSA) is 39.1 Å². The van der Waals surface area contributed by atoms with E-state index in [9.17, 15) is 0 Å². The zero-order chi connectivity index (χ0) is 12.3. The molecule has 1 N–H and O–H groups in total. The van der Waals surface area contributed by atoms with Gasteiger partial charge in [0.2, 0.25) is 0 Å². The maximum Gasteiger partial charge on any atom is 0.0898 e. The van der Waals surface area contributed by atoms with Gasteiger partial charge in [-0.15, -0.1) is 0 Å². The standard InChI is InChI=1S/C13H23N3O/c1-4-14-8-11-6-5-7-17-13(11)12-9-15-16(3)10(12)2/h9,11,13-14H,4-8H2,1-3H3. The second-order valence-corrected chi connectivity index (χ2v) is 4.81. The number of aryl methyl sites for hydroxylation is 1. The van der Waals surface area contributed by atoms with Gasteiger partial charge in [0.15, 0.2) is 0 Å². The third-order valence-electron chi connectivity index (χ3n) is 3.68. The molecule has 4 nitrogen and oxygen atoms in total. The van der Waals surface area contributed by atoms with Gasteiger partial charge in [-0.05, 0) is 26.3 Å². The summed E-state index contributed by atoms with van der Waals surface area (Å²) in [6.45, 7) is 7.20. The van der Waals surface area contributed by atoms with E-state index in [1.54, 1.807) is 0 Å². The molecule has 0 amide bonds.